The first-order valence-electron chi connectivity index (χ1n) is 9.85. The van der Waals surface area contributed by atoms with E-state index in [9.17, 15) is 9.18 Å². The van der Waals surface area contributed by atoms with Gasteiger partial charge in [0.25, 0.3) is 5.91 Å². The second-order valence-corrected chi connectivity index (χ2v) is 7.51. The first kappa shape index (κ1) is 25.1. The Bertz CT molecular complexity index is 928. The molecule has 1 aromatic carbocycles. The maximum absolute atomic E-state index is 13.6. The number of aromatic nitrogens is 1. The van der Waals surface area contributed by atoms with Crippen molar-refractivity contribution in [2.75, 3.05) is 38.1 Å². The summed E-state index contributed by atoms with van der Waals surface area (Å²) >= 11 is 6.24. The van der Waals surface area contributed by atoms with Gasteiger partial charge in [0, 0.05) is 51.0 Å². The lowest BCUT2D eigenvalue weighted by molar-refractivity contribution is 0.0954. The van der Waals surface area contributed by atoms with Crippen molar-refractivity contribution in [1.82, 2.24) is 20.9 Å². The number of aliphatic imine (C=N–C) groups is 1. The molecule has 1 aliphatic rings. The standard InChI is InChI=1S/C21H26ClFN6O.HI/c1-14-5-6-15(12-18(14)23)20(30)26-9-10-27-21(24-2)28-16-7-11-29(13-16)19-17(22)4-3-8-25-19;/h3-6,8,12,16H,7,9-11,13H2,1-2H3,(H,26,30)(H2,24,27,28);1H. The number of benzene rings is 1. The maximum atomic E-state index is 13.6. The molecule has 1 fully saturated rings. The van der Waals surface area contributed by atoms with Gasteiger partial charge in [0.2, 0.25) is 0 Å². The van der Waals surface area contributed by atoms with Crippen LogP contribution in [0.1, 0.15) is 22.3 Å². The number of rotatable bonds is 6. The van der Waals surface area contributed by atoms with Gasteiger partial charge >= 0.3 is 0 Å². The number of anilines is 1. The average Bonchev–Trinajstić information content (AvgIpc) is 3.20. The van der Waals surface area contributed by atoms with Crippen LogP contribution in [-0.4, -0.2) is 56.1 Å². The summed E-state index contributed by atoms with van der Waals surface area (Å²) in [5.74, 6) is 0.756. The number of guanidine groups is 1. The molecule has 168 valence electrons. The maximum Gasteiger partial charge on any atom is 0.251 e. The number of nitrogens with zero attached hydrogens (tertiary/aromatic N) is 3. The molecule has 10 heteroatoms. The van der Waals surface area contributed by atoms with Crippen LogP contribution in [-0.2, 0) is 0 Å². The van der Waals surface area contributed by atoms with E-state index < -0.39 is 0 Å². The number of carbonyl (C=O) groups is 1. The molecule has 2 aromatic rings. The number of aryl methyl sites for hydroxylation is 1. The Morgan fingerprint density at radius 3 is 2.81 bits per heavy atom. The highest BCUT2D eigenvalue weighted by Crippen LogP contribution is 2.25. The SMILES string of the molecule is CN=C(NCCNC(=O)c1ccc(C)c(F)c1)NC1CCN(c2ncccc2Cl)C1.I. The summed E-state index contributed by atoms with van der Waals surface area (Å²) in [5.41, 5.74) is 0.818. The van der Waals surface area contributed by atoms with Gasteiger partial charge in [-0.15, -0.1) is 24.0 Å². The molecule has 1 unspecified atom stereocenters. The van der Waals surface area contributed by atoms with Gasteiger partial charge in [-0.05, 0) is 43.2 Å². The minimum Gasteiger partial charge on any atom is -0.355 e. The lowest BCUT2D eigenvalue weighted by atomic mass is 10.1. The third-order valence-electron chi connectivity index (χ3n) is 4.93. The van der Waals surface area contributed by atoms with E-state index in [1.165, 1.54) is 6.07 Å². The fourth-order valence-electron chi connectivity index (χ4n) is 3.26. The Morgan fingerprint density at radius 1 is 1.32 bits per heavy atom. The van der Waals surface area contributed by atoms with E-state index in [2.05, 4.69) is 30.8 Å². The highest BCUT2D eigenvalue weighted by molar-refractivity contribution is 14.0. The second kappa shape index (κ2) is 12.0. The zero-order valence-electron chi connectivity index (χ0n) is 17.5. The van der Waals surface area contributed by atoms with Crippen LogP contribution in [0, 0.1) is 12.7 Å². The van der Waals surface area contributed by atoms with Gasteiger partial charge in [0.05, 0.1) is 5.02 Å². The fraction of sp³-hybridized carbons (Fsp3) is 0.381. The first-order chi connectivity index (χ1) is 14.5. The van der Waals surface area contributed by atoms with Crippen molar-refractivity contribution in [2.24, 2.45) is 4.99 Å². The van der Waals surface area contributed by atoms with Gasteiger partial charge in [0.15, 0.2) is 5.96 Å². The van der Waals surface area contributed by atoms with Crippen molar-refractivity contribution in [3.05, 3.63) is 58.5 Å². The predicted octanol–water partition coefficient (Wildman–Crippen LogP) is 2.97. The summed E-state index contributed by atoms with van der Waals surface area (Å²) in [7, 11) is 1.70. The summed E-state index contributed by atoms with van der Waals surface area (Å²) in [4.78, 5) is 22.9. The van der Waals surface area contributed by atoms with Crippen LogP contribution in [0.25, 0.3) is 0 Å². The Labute approximate surface area is 203 Å². The van der Waals surface area contributed by atoms with Gasteiger partial charge < -0.3 is 20.9 Å². The van der Waals surface area contributed by atoms with Crippen molar-refractivity contribution >= 4 is 53.3 Å². The molecule has 0 spiro atoms. The van der Waals surface area contributed by atoms with E-state index >= 15 is 0 Å². The minimum absolute atomic E-state index is 0. The van der Waals surface area contributed by atoms with Crippen molar-refractivity contribution in [3.63, 3.8) is 0 Å². The molecular formula is C21H27ClFIN6O. The van der Waals surface area contributed by atoms with Gasteiger partial charge in [-0.25, -0.2) is 9.37 Å². The van der Waals surface area contributed by atoms with Crippen LogP contribution in [0.2, 0.25) is 5.02 Å². The van der Waals surface area contributed by atoms with Gasteiger partial charge in [-0.3, -0.25) is 9.79 Å². The van der Waals surface area contributed by atoms with E-state index in [1.54, 1.807) is 32.3 Å². The van der Waals surface area contributed by atoms with E-state index in [0.29, 0.717) is 35.2 Å². The predicted molar refractivity (Wildman–Crippen MR) is 133 cm³/mol. The van der Waals surface area contributed by atoms with E-state index in [4.69, 9.17) is 11.6 Å². The Balaban J connectivity index is 0.00000341. The van der Waals surface area contributed by atoms with E-state index in [1.807, 2.05) is 12.1 Å². The van der Waals surface area contributed by atoms with Crippen molar-refractivity contribution in [3.8, 4) is 0 Å². The van der Waals surface area contributed by atoms with E-state index in [0.717, 1.165) is 25.3 Å². The zero-order chi connectivity index (χ0) is 21.5. The highest BCUT2D eigenvalue weighted by Gasteiger charge is 2.25. The minimum atomic E-state index is -0.386. The Hall–Kier alpha value is -2.14. The summed E-state index contributed by atoms with van der Waals surface area (Å²) in [6.45, 7) is 4.16. The van der Waals surface area contributed by atoms with Crippen LogP contribution in [0.4, 0.5) is 10.2 Å². The van der Waals surface area contributed by atoms with Gasteiger partial charge in [-0.1, -0.05) is 17.7 Å². The quantitative estimate of drug-likeness (QED) is 0.219. The van der Waals surface area contributed by atoms with Crippen molar-refractivity contribution < 1.29 is 9.18 Å². The lowest BCUT2D eigenvalue weighted by Crippen LogP contribution is -2.46. The molecule has 3 rings (SSSR count). The van der Waals surface area contributed by atoms with E-state index in [-0.39, 0.29) is 41.7 Å². The molecule has 2 heterocycles. The number of amides is 1. The molecule has 1 aromatic heterocycles. The van der Waals surface area contributed by atoms with Gasteiger partial charge in [-0.2, -0.15) is 0 Å². The topological polar surface area (TPSA) is 81.6 Å². The molecule has 0 saturated carbocycles. The third-order valence-corrected chi connectivity index (χ3v) is 5.22. The van der Waals surface area contributed by atoms with Crippen LogP contribution in [0.5, 0.6) is 0 Å². The molecule has 1 aliphatic heterocycles. The van der Waals surface area contributed by atoms with Crippen LogP contribution >= 0.6 is 35.6 Å². The molecule has 1 atom stereocenters. The van der Waals surface area contributed by atoms with Crippen molar-refractivity contribution in [2.45, 2.75) is 19.4 Å². The molecule has 7 nitrogen and oxygen atoms in total. The second-order valence-electron chi connectivity index (χ2n) is 7.10. The summed E-state index contributed by atoms with van der Waals surface area (Å²) in [6.07, 6.45) is 2.67. The monoisotopic (exact) mass is 560 g/mol. The largest absolute Gasteiger partial charge is 0.355 e. The van der Waals surface area contributed by atoms with Crippen LogP contribution in [0.3, 0.4) is 0 Å². The smallest absolute Gasteiger partial charge is 0.251 e. The number of hydrogen-bond acceptors (Lipinski definition) is 4. The zero-order valence-corrected chi connectivity index (χ0v) is 20.6. The number of hydrogen-bond donors (Lipinski definition) is 3. The first-order valence-corrected chi connectivity index (χ1v) is 10.2. The molecule has 1 saturated heterocycles. The number of carbonyl (C=O) groups excluding carboxylic acids is 1. The van der Waals surface area contributed by atoms with Gasteiger partial charge in [0.1, 0.15) is 11.6 Å². The summed E-state index contributed by atoms with van der Waals surface area (Å²) in [5, 5.41) is 9.98. The molecule has 1 amide bonds. The van der Waals surface area contributed by atoms with Crippen molar-refractivity contribution in [1.29, 1.82) is 0 Å². The molecule has 0 bridgehead atoms. The number of nitrogens with one attached hydrogen (secondary N) is 3. The average molecular weight is 561 g/mol. The van der Waals surface area contributed by atoms with Crippen LogP contribution in [0.15, 0.2) is 41.5 Å². The molecule has 0 radical (unpaired) electrons. The third kappa shape index (κ3) is 6.93. The number of halogens is 3. The van der Waals surface area contributed by atoms with Crippen LogP contribution < -0.4 is 20.9 Å². The Morgan fingerprint density at radius 2 is 2.10 bits per heavy atom. The summed E-state index contributed by atoms with van der Waals surface area (Å²) < 4.78 is 13.6. The Kier molecular flexibility index (Phi) is 9.76. The molecule has 3 N–H and O–H groups in total. The highest BCUT2D eigenvalue weighted by atomic mass is 127. The molecule has 0 aliphatic carbocycles. The molecule has 31 heavy (non-hydrogen) atoms. The molecular weight excluding hydrogens is 534 g/mol. The number of pyridine rings is 1. The normalized spacial score (nSPS) is 15.9. The lowest BCUT2D eigenvalue weighted by Gasteiger charge is -2.20. The fourth-order valence-corrected chi connectivity index (χ4v) is 3.50. The summed E-state index contributed by atoms with van der Waals surface area (Å²) in [6, 6.07) is 8.32.